The van der Waals surface area contributed by atoms with Crippen molar-refractivity contribution in [3.63, 3.8) is 0 Å². The van der Waals surface area contributed by atoms with E-state index in [4.69, 9.17) is 0 Å². The van der Waals surface area contributed by atoms with E-state index in [1.807, 2.05) is 13.0 Å². The normalized spacial score (nSPS) is 17.9. The largest absolute Gasteiger partial charge is 0.366 e. The SMILES string of the molecule is CCCN1C(=O)C(c2ccc(F)cc2)=C(N2CCC(Cc3ccccc3)CC2)C1=O. The number of halogens is 1. The van der Waals surface area contributed by atoms with Crippen LogP contribution in [0.2, 0.25) is 0 Å². The average molecular weight is 407 g/mol. The van der Waals surface area contributed by atoms with Gasteiger partial charge in [0, 0.05) is 19.6 Å². The van der Waals surface area contributed by atoms with Crippen molar-refractivity contribution in [1.82, 2.24) is 9.80 Å². The molecule has 0 spiro atoms. The quantitative estimate of drug-likeness (QED) is 0.673. The first-order valence-electron chi connectivity index (χ1n) is 10.7. The summed E-state index contributed by atoms with van der Waals surface area (Å²) < 4.78 is 13.4. The van der Waals surface area contributed by atoms with E-state index in [2.05, 4.69) is 29.2 Å². The molecule has 4 rings (SSSR count). The third-order valence-corrected chi connectivity index (χ3v) is 6.02. The van der Waals surface area contributed by atoms with Crippen molar-refractivity contribution in [2.45, 2.75) is 32.6 Å². The fourth-order valence-corrected chi connectivity index (χ4v) is 4.47. The number of carbonyl (C=O) groups excluding carboxylic acids is 2. The molecule has 2 aliphatic rings. The van der Waals surface area contributed by atoms with E-state index >= 15 is 0 Å². The summed E-state index contributed by atoms with van der Waals surface area (Å²) in [6, 6.07) is 16.3. The van der Waals surface area contributed by atoms with Gasteiger partial charge in [-0.05, 0) is 54.9 Å². The molecule has 5 heteroatoms. The van der Waals surface area contributed by atoms with Crippen molar-refractivity contribution in [1.29, 1.82) is 0 Å². The van der Waals surface area contributed by atoms with Crippen LogP contribution in [0, 0.1) is 11.7 Å². The Labute approximate surface area is 177 Å². The summed E-state index contributed by atoms with van der Waals surface area (Å²) in [4.78, 5) is 29.6. The number of piperidine rings is 1. The number of imide groups is 1. The highest BCUT2D eigenvalue weighted by Gasteiger charge is 2.41. The number of rotatable bonds is 6. The Bertz CT molecular complexity index is 945. The van der Waals surface area contributed by atoms with Crippen LogP contribution in [-0.4, -0.2) is 41.2 Å². The van der Waals surface area contributed by atoms with Gasteiger partial charge in [0.25, 0.3) is 11.8 Å². The standard InChI is InChI=1S/C25H27FN2O2/c1-2-14-28-24(29)22(20-8-10-21(26)11-9-20)23(25(28)30)27-15-12-19(13-16-27)17-18-6-4-3-5-7-18/h3-11,19H,2,12-17H2,1H3. The van der Waals surface area contributed by atoms with Crippen molar-refractivity contribution < 1.29 is 14.0 Å². The Balaban J connectivity index is 1.57. The Morgan fingerprint density at radius 1 is 0.933 bits per heavy atom. The van der Waals surface area contributed by atoms with Crippen LogP contribution in [0.4, 0.5) is 4.39 Å². The van der Waals surface area contributed by atoms with E-state index < -0.39 is 0 Å². The summed E-state index contributed by atoms with van der Waals surface area (Å²) in [7, 11) is 0. The molecule has 0 atom stereocenters. The summed E-state index contributed by atoms with van der Waals surface area (Å²) in [6.45, 7) is 3.84. The average Bonchev–Trinajstić information content (AvgIpc) is 3.01. The highest BCUT2D eigenvalue weighted by molar-refractivity contribution is 6.35. The second-order valence-electron chi connectivity index (χ2n) is 8.11. The van der Waals surface area contributed by atoms with Crippen LogP contribution in [0.15, 0.2) is 60.3 Å². The van der Waals surface area contributed by atoms with E-state index in [9.17, 15) is 14.0 Å². The molecule has 0 N–H and O–H groups in total. The van der Waals surface area contributed by atoms with Gasteiger partial charge in [-0.15, -0.1) is 0 Å². The van der Waals surface area contributed by atoms with Gasteiger partial charge in [0.1, 0.15) is 11.5 Å². The zero-order valence-electron chi connectivity index (χ0n) is 17.3. The Morgan fingerprint density at radius 2 is 1.60 bits per heavy atom. The third kappa shape index (κ3) is 4.02. The monoisotopic (exact) mass is 406 g/mol. The minimum atomic E-state index is -0.357. The van der Waals surface area contributed by atoms with Gasteiger partial charge < -0.3 is 4.90 Å². The smallest absolute Gasteiger partial charge is 0.277 e. The van der Waals surface area contributed by atoms with E-state index in [1.54, 1.807) is 12.1 Å². The first-order chi connectivity index (χ1) is 14.6. The summed E-state index contributed by atoms with van der Waals surface area (Å²) in [6.07, 6.45) is 3.70. The third-order valence-electron chi connectivity index (χ3n) is 6.02. The van der Waals surface area contributed by atoms with Crippen LogP contribution in [0.3, 0.4) is 0 Å². The number of hydrogen-bond acceptors (Lipinski definition) is 3. The Morgan fingerprint density at radius 3 is 2.23 bits per heavy atom. The van der Waals surface area contributed by atoms with Crippen molar-refractivity contribution in [3.8, 4) is 0 Å². The van der Waals surface area contributed by atoms with E-state index in [-0.39, 0.29) is 17.6 Å². The van der Waals surface area contributed by atoms with Gasteiger partial charge in [-0.1, -0.05) is 49.4 Å². The van der Waals surface area contributed by atoms with Crippen LogP contribution < -0.4 is 0 Å². The molecule has 30 heavy (non-hydrogen) atoms. The Kier molecular flexibility index (Phi) is 5.98. The molecule has 0 aromatic heterocycles. The predicted octanol–water partition coefficient (Wildman–Crippen LogP) is 4.27. The summed E-state index contributed by atoms with van der Waals surface area (Å²) in [5.41, 5.74) is 2.84. The highest BCUT2D eigenvalue weighted by Crippen LogP contribution is 2.34. The number of hydrogen-bond donors (Lipinski definition) is 0. The topological polar surface area (TPSA) is 40.6 Å². The van der Waals surface area contributed by atoms with E-state index in [0.717, 1.165) is 32.4 Å². The van der Waals surface area contributed by atoms with Crippen molar-refractivity contribution in [3.05, 3.63) is 77.2 Å². The molecule has 0 bridgehead atoms. The molecule has 2 aliphatic heterocycles. The lowest BCUT2D eigenvalue weighted by Gasteiger charge is -2.34. The van der Waals surface area contributed by atoms with Gasteiger partial charge in [0.15, 0.2) is 0 Å². The fourth-order valence-electron chi connectivity index (χ4n) is 4.47. The molecule has 0 unspecified atom stereocenters. The molecule has 0 radical (unpaired) electrons. The maximum absolute atomic E-state index is 13.4. The van der Waals surface area contributed by atoms with Gasteiger partial charge in [0.2, 0.25) is 0 Å². The predicted molar refractivity (Wildman–Crippen MR) is 115 cm³/mol. The van der Waals surface area contributed by atoms with Crippen molar-refractivity contribution >= 4 is 17.4 Å². The maximum atomic E-state index is 13.4. The number of likely N-dealkylation sites (tertiary alicyclic amines) is 1. The lowest BCUT2D eigenvalue weighted by molar-refractivity contribution is -0.137. The molecular formula is C25H27FN2O2. The minimum Gasteiger partial charge on any atom is -0.366 e. The second kappa shape index (κ2) is 8.82. The summed E-state index contributed by atoms with van der Waals surface area (Å²) >= 11 is 0. The summed E-state index contributed by atoms with van der Waals surface area (Å²) in [5, 5.41) is 0. The molecular weight excluding hydrogens is 379 g/mol. The lowest BCUT2D eigenvalue weighted by atomic mass is 9.89. The van der Waals surface area contributed by atoms with Gasteiger partial charge in [-0.3, -0.25) is 14.5 Å². The molecule has 0 saturated carbocycles. The Hall–Kier alpha value is -2.95. The fraction of sp³-hybridized carbons (Fsp3) is 0.360. The van der Waals surface area contributed by atoms with Crippen LogP contribution in [0.1, 0.15) is 37.3 Å². The molecule has 2 aromatic carbocycles. The van der Waals surface area contributed by atoms with Crippen molar-refractivity contribution in [2.24, 2.45) is 5.92 Å². The summed E-state index contributed by atoms with van der Waals surface area (Å²) in [5.74, 6) is -0.278. The van der Waals surface area contributed by atoms with Crippen molar-refractivity contribution in [2.75, 3.05) is 19.6 Å². The first-order valence-corrected chi connectivity index (χ1v) is 10.7. The van der Waals surface area contributed by atoms with Gasteiger partial charge >= 0.3 is 0 Å². The zero-order chi connectivity index (χ0) is 21.1. The molecule has 0 aliphatic carbocycles. The number of nitrogens with zero attached hydrogens (tertiary/aromatic N) is 2. The van der Waals surface area contributed by atoms with E-state index in [0.29, 0.717) is 35.7 Å². The molecule has 2 heterocycles. The zero-order valence-corrected chi connectivity index (χ0v) is 17.3. The van der Waals surface area contributed by atoms with Crippen LogP contribution in [0.5, 0.6) is 0 Å². The lowest BCUT2D eigenvalue weighted by Crippen LogP contribution is -2.39. The molecule has 2 amide bonds. The maximum Gasteiger partial charge on any atom is 0.277 e. The highest BCUT2D eigenvalue weighted by atomic mass is 19.1. The first kappa shape index (κ1) is 20.3. The molecule has 2 aromatic rings. The van der Waals surface area contributed by atoms with Crippen LogP contribution in [-0.2, 0) is 16.0 Å². The molecule has 1 fully saturated rings. The van der Waals surface area contributed by atoms with Gasteiger partial charge in [-0.2, -0.15) is 0 Å². The second-order valence-corrected chi connectivity index (χ2v) is 8.11. The number of amides is 2. The number of benzene rings is 2. The molecule has 1 saturated heterocycles. The minimum absolute atomic E-state index is 0.220. The van der Waals surface area contributed by atoms with Gasteiger partial charge in [0.05, 0.1) is 5.57 Å². The van der Waals surface area contributed by atoms with Crippen LogP contribution in [0.25, 0.3) is 5.57 Å². The molecule has 4 nitrogen and oxygen atoms in total. The van der Waals surface area contributed by atoms with E-state index in [1.165, 1.54) is 22.6 Å². The van der Waals surface area contributed by atoms with Crippen LogP contribution >= 0.6 is 0 Å². The number of carbonyl (C=O) groups is 2. The molecule has 156 valence electrons. The van der Waals surface area contributed by atoms with Gasteiger partial charge in [-0.25, -0.2) is 4.39 Å².